The van der Waals surface area contributed by atoms with Gasteiger partial charge in [-0.25, -0.2) is 0 Å². The van der Waals surface area contributed by atoms with E-state index >= 15 is 0 Å². The van der Waals surface area contributed by atoms with Crippen molar-refractivity contribution in [2.75, 3.05) is 6.54 Å². The number of carbonyl (C=O) groups excluding carboxylic acids is 2. The van der Waals surface area contributed by atoms with Crippen LogP contribution in [0.25, 0.3) is 0 Å². The lowest BCUT2D eigenvalue weighted by Gasteiger charge is -2.27. The Hall–Kier alpha value is 0.215. The fraction of sp³-hybridized carbons (Fsp3) is 0.333. The van der Waals surface area contributed by atoms with Crippen molar-refractivity contribution in [3.05, 3.63) is 8.96 Å². The normalized spacial score (nSPS) is 20.4. The molecule has 4 nitrogen and oxygen atoms in total. The van der Waals surface area contributed by atoms with Crippen LogP contribution in [0.4, 0.5) is 0 Å². The van der Waals surface area contributed by atoms with Crippen molar-refractivity contribution in [1.29, 1.82) is 0 Å². The highest BCUT2D eigenvalue weighted by atomic mass is 79.9. The van der Waals surface area contributed by atoms with Gasteiger partial charge in [0.2, 0.25) is 5.12 Å². The predicted molar refractivity (Wildman–Crippen MR) is 62.5 cm³/mol. The van der Waals surface area contributed by atoms with Gasteiger partial charge in [-0.1, -0.05) is 0 Å². The Kier molecular flexibility index (Phi) is 4.23. The molecule has 0 bridgehead atoms. The average Bonchev–Trinajstić information content (AvgIpc) is 2.25. The van der Waals surface area contributed by atoms with E-state index in [-0.39, 0.29) is 14.1 Å². The molecule has 74 valence electrons. The van der Waals surface area contributed by atoms with E-state index in [0.29, 0.717) is 6.54 Å². The molecule has 0 aromatic heterocycles. The lowest BCUT2D eigenvalue weighted by Crippen LogP contribution is -2.39. The van der Waals surface area contributed by atoms with E-state index in [1.165, 1.54) is 4.41 Å². The summed E-state index contributed by atoms with van der Waals surface area (Å²) in [5.74, 6) is -0.461. The van der Waals surface area contributed by atoms with Gasteiger partial charge < -0.3 is 4.92 Å². The third-order valence-corrected chi connectivity index (χ3v) is 4.77. The van der Waals surface area contributed by atoms with Gasteiger partial charge in [-0.3, -0.25) is 9.59 Å². The van der Waals surface area contributed by atoms with Crippen molar-refractivity contribution in [3.8, 4) is 0 Å². The fourth-order valence-corrected chi connectivity index (χ4v) is 2.33. The minimum absolute atomic E-state index is 0.133. The van der Waals surface area contributed by atoms with Gasteiger partial charge in [0.25, 0.3) is 13.9 Å². The highest BCUT2D eigenvalue weighted by Gasteiger charge is 2.29. The highest BCUT2D eigenvalue weighted by Crippen LogP contribution is 2.31. The van der Waals surface area contributed by atoms with Gasteiger partial charge in [-0.15, -0.1) is 0 Å². The molecule has 0 aromatic rings. The van der Waals surface area contributed by atoms with E-state index in [0.717, 1.165) is 16.9 Å². The molecular weight excluding hydrogens is 335 g/mol. The summed E-state index contributed by atoms with van der Waals surface area (Å²) in [6.45, 7) is 2.25. The number of halogens is 2. The molecule has 0 aliphatic carbocycles. The summed E-state index contributed by atoms with van der Waals surface area (Å²) < 4.78 is 1.70. The minimum atomic E-state index is -0.461. The van der Waals surface area contributed by atoms with Crippen molar-refractivity contribution in [1.82, 2.24) is 9.33 Å². The molecule has 1 rings (SSSR count). The number of hydrogen-bond acceptors (Lipinski definition) is 4. The minimum Gasteiger partial charge on any atom is -0.321 e. The van der Waals surface area contributed by atoms with Crippen molar-refractivity contribution < 1.29 is 9.59 Å². The summed E-state index contributed by atoms with van der Waals surface area (Å²) in [6, 6.07) is 0. The van der Waals surface area contributed by atoms with E-state index in [1.54, 1.807) is 6.92 Å². The summed E-state index contributed by atoms with van der Waals surface area (Å²) in [5.41, 5.74) is 0. The Morgan fingerprint density at radius 2 is 1.93 bits per heavy atom. The van der Waals surface area contributed by atoms with Gasteiger partial charge in [0, 0.05) is 18.5 Å². The zero-order valence-electron chi connectivity index (χ0n) is 7.16. The van der Waals surface area contributed by atoms with Crippen molar-refractivity contribution in [2.45, 2.75) is 6.92 Å². The Balaban J connectivity index is 3.08. The topological polar surface area (TPSA) is 40.6 Å². The Bertz CT molecular complexity index is 323. The van der Waals surface area contributed by atoms with Crippen LogP contribution in [0.3, 0.4) is 0 Å². The Morgan fingerprint density at radius 3 is 2.43 bits per heavy atom. The molecule has 1 heterocycles. The lowest BCUT2D eigenvalue weighted by atomic mass is 10.3. The van der Waals surface area contributed by atoms with Crippen LogP contribution in [-0.2, 0) is 9.59 Å². The van der Waals surface area contributed by atoms with E-state index in [9.17, 15) is 9.59 Å². The SMILES string of the molecule is [B]N1C(=O)C(Br)=C(Br)C(=O)SN1CC. The molecule has 0 saturated carbocycles. The maximum atomic E-state index is 11.5. The summed E-state index contributed by atoms with van der Waals surface area (Å²) in [4.78, 5) is 23.9. The van der Waals surface area contributed by atoms with Gasteiger partial charge in [0.05, 0.1) is 4.48 Å². The van der Waals surface area contributed by atoms with Gasteiger partial charge in [-0.2, -0.15) is 4.41 Å². The largest absolute Gasteiger partial charge is 0.321 e. The second-order valence-electron chi connectivity index (χ2n) is 2.32. The van der Waals surface area contributed by atoms with Crippen LogP contribution in [0.15, 0.2) is 8.96 Å². The summed E-state index contributed by atoms with van der Waals surface area (Å²) in [6.07, 6.45) is 0. The summed E-state index contributed by atoms with van der Waals surface area (Å²) in [5, 5.41) is -0.264. The molecule has 0 aromatic carbocycles. The maximum absolute atomic E-state index is 11.5. The first-order valence-electron chi connectivity index (χ1n) is 3.63. The smallest absolute Gasteiger partial charge is 0.263 e. The van der Waals surface area contributed by atoms with Gasteiger partial charge in [-0.05, 0) is 38.8 Å². The molecule has 0 unspecified atom stereocenters. The third-order valence-electron chi connectivity index (χ3n) is 1.47. The second-order valence-corrected chi connectivity index (χ2v) is 4.89. The predicted octanol–water partition coefficient (Wildman–Crippen LogP) is 1.33. The maximum Gasteiger partial charge on any atom is 0.263 e. The Morgan fingerprint density at radius 1 is 1.36 bits per heavy atom. The molecule has 2 radical (unpaired) electrons. The van der Waals surface area contributed by atoms with E-state index < -0.39 is 5.91 Å². The number of rotatable bonds is 1. The van der Waals surface area contributed by atoms with E-state index in [1.807, 2.05) is 0 Å². The first-order chi connectivity index (χ1) is 6.49. The summed E-state index contributed by atoms with van der Waals surface area (Å²) in [7, 11) is 5.50. The molecule has 1 amide bonds. The number of hydrazine groups is 1. The molecule has 1 aliphatic rings. The quantitative estimate of drug-likeness (QED) is 0.534. The van der Waals surface area contributed by atoms with Crippen LogP contribution in [0.5, 0.6) is 0 Å². The average molecular weight is 340 g/mol. The Labute approximate surface area is 104 Å². The van der Waals surface area contributed by atoms with Gasteiger partial charge in [0.15, 0.2) is 0 Å². The number of carbonyl (C=O) groups is 2. The standard InChI is InChI=1S/C6H5BBr2N2O2S/c1-2-10-11(7)5(12)3(8)4(9)6(13)14-10/h2H2,1H3. The van der Waals surface area contributed by atoms with Gasteiger partial charge in [0.1, 0.15) is 4.48 Å². The van der Waals surface area contributed by atoms with Crippen molar-refractivity contribution in [2.24, 2.45) is 0 Å². The molecular formula is C6H5BBr2N2O2S. The van der Waals surface area contributed by atoms with E-state index in [4.69, 9.17) is 7.98 Å². The summed E-state index contributed by atoms with van der Waals surface area (Å²) >= 11 is 6.90. The number of hydrogen-bond donors (Lipinski definition) is 0. The van der Waals surface area contributed by atoms with Crippen LogP contribution < -0.4 is 0 Å². The fourth-order valence-electron chi connectivity index (χ4n) is 0.782. The third kappa shape index (κ3) is 2.24. The monoisotopic (exact) mass is 338 g/mol. The number of amides is 1. The first kappa shape index (κ1) is 12.3. The zero-order chi connectivity index (χ0) is 10.9. The molecule has 14 heavy (non-hydrogen) atoms. The molecule has 0 spiro atoms. The zero-order valence-corrected chi connectivity index (χ0v) is 11.1. The molecule has 0 atom stereocenters. The first-order valence-corrected chi connectivity index (χ1v) is 5.99. The van der Waals surface area contributed by atoms with Crippen LogP contribution in [0.1, 0.15) is 6.92 Å². The van der Waals surface area contributed by atoms with Crippen molar-refractivity contribution in [3.63, 3.8) is 0 Å². The highest BCUT2D eigenvalue weighted by molar-refractivity contribution is 9.14. The molecule has 0 N–H and O–H groups in total. The number of nitrogens with zero attached hydrogens (tertiary/aromatic N) is 2. The van der Waals surface area contributed by atoms with E-state index in [2.05, 4.69) is 31.9 Å². The van der Waals surface area contributed by atoms with Crippen molar-refractivity contribution >= 4 is 62.8 Å². The molecule has 8 heteroatoms. The second kappa shape index (κ2) is 4.83. The van der Waals surface area contributed by atoms with Crippen LogP contribution in [0.2, 0.25) is 0 Å². The van der Waals surface area contributed by atoms with Gasteiger partial charge >= 0.3 is 0 Å². The van der Waals surface area contributed by atoms with Crippen LogP contribution >= 0.6 is 43.8 Å². The lowest BCUT2D eigenvalue weighted by molar-refractivity contribution is -0.127. The molecule has 0 saturated heterocycles. The molecule has 1 aliphatic heterocycles. The van der Waals surface area contributed by atoms with Crippen LogP contribution in [-0.4, -0.2) is 34.9 Å². The van der Waals surface area contributed by atoms with Crippen LogP contribution in [0, 0.1) is 0 Å². The molecule has 0 fully saturated rings.